The van der Waals surface area contributed by atoms with Crippen LogP contribution < -0.4 is 0 Å². The Balaban J connectivity index is 2.24. The van der Waals surface area contributed by atoms with Gasteiger partial charge in [0, 0.05) is 12.0 Å². The van der Waals surface area contributed by atoms with Crippen LogP contribution in [0.1, 0.15) is 11.7 Å². The van der Waals surface area contributed by atoms with E-state index < -0.39 is 5.97 Å². The molecule has 1 atom stereocenters. The number of benzene rings is 1. The molecule has 2 nitrogen and oxygen atoms in total. The van der Waals surface area contributed by atoms with Crippen LogP contribution in [0.4, 0.5) is 0 Å². The van der Waals surface area contributed by atoms with Gasteiger partial charge in [0.05, 0.1) is 0 Å². The van der Waals surface area contributed by atoms with Crippen LogP contribution in [0.15, 0.2) is 67.3 Å². The summed E-state index contributed by atoms with van der Waals surface area (Å²) in [7, 11) is 0. The Morgan fingerprint density at radius 1 is 1.24 bits per heavy atom. The number of carbonyl (C=O) groups excluding carboxylic acids is 1. The van der Waals surface area contributed by atoms with Gasteiger partial charge in [-0.25, -0.2) is 4.79 Å². The van der Waals surface area contributed by atoms with E-state index in [0.717, 1.165) is 5.56 Å². The molecule has 0 N–H and O–H groups in total. The Labute approximate surface area is 101 Å². The zero-order valence-electron chi connectivity index (χ0n) is 9.45. The average Bonchev–Trinajstić information content (AvgIpc) is 2.90. The molecule has 1 aliphatic carbocycles. The van der Waals surface area contributed by atoms with Crippen LogP contribution in [0, 0.1) is 5.92 Å². The van der Waals surface area contributed by atoms with Gasteiger partial charge in [0.1, 0.15) is 6.10 Å². The van der Waals surface area contributed by atoms with Gasteiger partial charge in [-0.2, -0.15) is 0 Å². The molecule has 0 fully saturated rings. The van der Waals surface area contributed by atoms with E-state index in [9.17, 15) is 4.79 Å². The molecule has 0 amide bonds. The van der Waals surface area contributed by atoms with Crippen molar-refractivity contribution in [2.45, 2.75) is 6.10 Å². The second kappa shape index (κ2) is 5.30. The zero-order chi connectivity index (χ0) is 12.1. The van der Waals surface area contributed by atoms with E-state index in [4.69, 9.17) is 4.74 Å². The minimum atomic E-state index is -0.396. The third kappa shape index (κ3) is 2.72. The average molecular weight is 226 g/mol. The molecule has 0 heterocycles. The molecule has 0 radical (unpaired) electrons. The summed E-state index contributed by atoms with van der Waals surface area (Å²) in [5.74, 6) is -0.297. The number of ether oxygens (including phenoxy) is 1. The maximum absolute atomic E-state index is 11.4. The van der Waals surface area contributed by atoms with E-state index in [1.807, 2.05) is 54.6 Å². The molecule has 1 unspecified atom stereocenters. The molecule has 0 aliphatic heterocycles. The van der Waals surface area contributed by atoms with Crippen LogP contribution in [-0.4, -0.2) is 5.97 Å². The number of carbonyl (C=O) groups is 1. The molecule has 1 aliphatic rings. The lowest BCUT2D eigenvalue weighted by Crippen LogP contribution is -2.15. The summed E-state index contributed by atoms with van der Waals surface area (Å²) in [6, 6.07) is 9.73. The SMILES string of the molecule is C=CC(=O)OC(c1ccccc1)C1C=CC=C1. The van der Waals surface area contributed by atoms with Crippen LogP contribution in [-0.2, 0) is 9.53 Å². The van der Waals surface area contributed by atoms with Gasteiger partial charge < -0.3 is 4.74 Å². The lowest BCUT2D eigenvalue weighted by atomic mass is 9.97. The quantitative estimate of drug-likeness (QED) is 0.582. The fourth-order valence-corrected chi connectivity index (χ4v) is 1.84. The largest absolute Gasteiger partial charge is 0.453 e. The monoisotopic (exact) mass is 226 g/mol. The highest BCUT2D eigenvalue weighted by Gasteiger charge is 2.23. The number of hydrogen-bond donors (Lipinski definition) is 0. The highest BCUT2D eigenvalue weighted by Crippen LogP contribution is 2.30. The van der Waals surface area contributed by atoms with Crippen LogP contribution in [0.5, 0.6) is 0 Å². The van der Waals surface area contributed by atoms with Crippen molar-refractivity contribution in [3.8, 4) is 0 Å². The minimum absolute atomic E-state index is 0.0984. The van der Waals surface area contributed by atoms with E-state index in [-0.39, 0.29) is 12.0 Å². The Morgan fingerprint density at radius 2 is 1.88 bits per heavy atom. The van der Waals surface area contributed by atoms with Gasteiger partial charge in [0.25, 0.3) is 0 Å². The Hall–Kier alpha value is -2.09. The summed E-state index contributed by atoms with van der Waals surface area (Å²) in [5, 5.41) is 0. The molecule has 0 spiro atoms. The number of hydrogen-bond acceptors (Lipinski definition) is 2. The summed E-state index contributed by atoms with van der Waals surface area (Å²) in [6.07, 6.45) is 8.88. The molecule has 0 saturated carbocycles. The number of rotatable bonds is 4. The summed E-state index contributed by atoms with van der Waals surface area (Å²) >= 11 is 0. The third-order valence-electron chi connectivity index (χ3n) is 2.67. The molecule has 2 rings (SSSR count). The van der Waals surface area contributed by atoms with E-state index in [2.05, 4.69) is 6.58 Å². The molecule has 86 valence electrons. The van der Waals surface area contributed by atoms with E-state index in [0.29, 0.717) is 0 Å². The lowest BCUT2D eigenvalue weighted by molar-refractivity contribution is -0.144. The Bertz CT molecular complexity index is 445. The second-order valence-electron chi connectivity index (χ2n) is 3.82. The third-order valence-corrected chi connectivity index (χ3v) is 2.67. The topological polar surface area (TPSA) is 26.3 Å². The summed E-state index contributed by atoms with van der Waals surface area (Å²) in [5.41, 5.74) is 0.990. The van der Waals surface area contributed by atoms with E-state index in [1.165, 1.54) is 6.08 Å². The lowest BCUT2D eigenvalue weighted by Gasteiger charge is -2.21. The van der Waals surface area contributed by atoms with Crippen molar-refractivity contribution in [2.75, 3.05) is 0 Å². The molecule has 2 heteroatoms. The zero-order valence-corrected chi connectivity index (χ0v) is 9.45. The van der Waals surface area contributed by atoms with Crippen molar-refractivity contribution in [2.24, 2.45) is 5.92 Å². The van der Waals surface area contributed by atoms with Crippen LogP contribution in [0.25, 0.3) is 0 Å². The van der Waals surface area contributed by atoms with Gasteiger partial charge in [-0.3, -0.25) is 0 Å². The fraction of sp³-hybridized carbons (Fsp3) is 0.133. The van der Waals surface area contributed by atoms with Crippen LogP contribution in [0.2, 0.25) is 0 Å². The van der Waals surface area contributed by atoms with Crippen molar-refractivity contribution in [3.63, 3.8) is 0 Å². The summed E-state index contributed by atoms with van der Waals surface area (Å²) in [6.45, 7) is 3.42. The highest BCUT2D eigenvalue weighted by atomic mass is 16.5. The summed E-state index contributed by atoms with van der Waals surface area (Å²) in [4.78, 5) is 11.4. The van der Waals surface area contributed by atoms with E-state index >= 15 is 0 Å². The second-order valence-corrected chi connectivity index (χ2v) is 3.82. The first-order valence-corrected chi connectivity index (χ1v) is 5.54. The van der Waals surface area contributed by atoms with Gasteiger partial charge in [-0.1, -0.05) is 61.2 Å². The molecule has 0 bridgehead atoms. The van der Waals surface area contributed by atoms with Crippen molar-refractivity contribution in [1.29, 1.82) is 0 Å². The molecular weight excluding hydrogens is 212 g/mol. The van der Waals surface area contributed by atoms with Crippen molar-refractivity contribution >= 4 is 5.97 Å². The molecule has 0 aromatic heterocycles. The van der Waals surface area contributed by atoms with E-state index in [1.54, 1.807) is 0 Å². The Kier molecular flexibility index (Phi) is 3.55. The maximum Gasteiger partial charge on any atom is 0.330 e. The fourth-order valence-electron chi connectivity index (χ4n) is 1.84. The predicted molar refractivity (Wildman–Crippen MR) is 67.2 cm³/mol. The molecule has 17 heavy (non-hydrogen) atoms. The molecule has 1 aromatic rings. The number of esters is 1. The smallest absolute Gasteiger partial charge is 0.330 e. The standard InChI is InChI=1S/C15H14O2/c1-2-14(16)17-15(13-10-6-7-11-13)12-8-4-3-5-9-12/h2-11,13,15H,1H2. The van der Waals surface area contributed by atoms with Crippen LogP contribution in [0.3, 0.4) is 0 Å². The highest BCUT2D eigenvalue weighted by molar-refractivity contribution is 5.81. The van der Waals surface area contributed by atoms with Crippen molar-refractivity contribution < 1.29 is 9.53 Å². The molecule has 1 aromatic carbocycles. The van der Waals surface area contributed by atoms with Gasteiger partial charge in [0.15, 0.2) is 0 Å². The summed E-state index contributed by atoms with van der Waals surface area (Å²) < 4.78 is 5.41. The van der Waals surface area contributed by atoms with Gasteiger partial charge >= 0.3 is 5.97 Å². The van der Waals surface area contributed by atoms with Crippen LogP contribution >= 0.6 is 0 Å². The minimum Gasteiger partial charge on any atom is -0.453 e. The first kappa shape index (κ1) is 11.4. The Morgan fingerprint density at radius 3 is 2.47 bits per heavy atom. The van der Waals surface area contributed by atoms with Crippen molar-refractivity contribution in [3.05, 3.63) is 72.9 Å². The first-order chi connectivity index (χ1) is 8.31. The van der Waals surface area contributed by atoms with Gasteiger partial charge in [0.2, 0.25) is 0 Å². The van der Waals surface area contributed by atoms with Gasteiger partial charge in [-0.15, -0.1) is 0 Å². The normalized spacial score (nSPS) is 15.8. The molecule has 0 saturated heterocycles. The number of allylic oxidation sites excluding steroid dienone is 2. The maximum atomic E-state index is 11.4. The molecular formula is C15H14O2. The first-order valence-electron chi connectivity index (χ1n) is 5.54. The predicted octanol–water partition coefficient (Wildman–Crippen LogP) is 3.20. The van der Waals surface area contributed by atoms with Gasteiger partial charge in [-0.05, 0) is 5.56 Å². The van der Waals surface area contributed by atoms with Crippen molar-refractivity contribution in [1.82, 2.24) is 0 Å².